The first-order valence-electron chi connectivity index (χ1n) is 8.18. The summed E-state index contributed by atoms with van der Waals surface area (Å²) in [6.45, 7) is 2.25. The fourth-order valence-electron chi connectivity index (χ4n) is 2.72. The topological polar surface area (TPSA) is 81.9 Å². The standard InChI is InChI=1S/C18H22N2O4S/c19-12-15-6-8-18(9-7-15)25(21,22)24-14-17-13-20(10-11-23-17)16-4-2-1-3-5-16/h1-9,17H,10-14,19H2. The first-order chi connectivity index (χ1) is 12.1. The molecule has 1 fully saturated rings. The molecule has 0 radical (unpaired) electrons. The second kappa shape index (κ2) is 7.97. The Labute approximate surface area is 148 Å². The van der Waals surface area contributed by atoms with E-state index in [2.05, 4.69) is 4.90 Å². The SMILES string of the molecule is NCc1ccc(S(=O)(=O)OCC2CN(c3ccccc3)CCO2)cc1. The van der Waals surface area contributed by atoms with Crippen molar-refractivity contribution in [3.8, 4) is 0 Å². The summed E-state index contributed by atoms with van der Waals surface area (Å²) < 4.78 is 35.5. The molecular formula is C18H22N2O4S. The van der Waals surface area contributed by atoms with E-state index in [0.29, 0.717) is 19.7 Å². The summed E-state index contributed by atoms with van der Waals surface area (Å²) in [6.07, 6.45) is -0.299. The zero-order valence-electron chi connectivity index (χ0n) is 13.9. The summed E-state index contributed by atoms with van der Waals surface area (Å²) in [5.41, 5.74) is 7.49. The van der Waals surface area contributed by atoms with Crippen molar-refractivity contribution in [3.05, 3.63) is 60.2 Å². The van der Waals surface area contributed by atoms with Crippen molar-refractivity contribution in [2.24, 2.45) is 5.73 Å². The molecule has 0 bridgehead atoms. The van der Waals surface area contributed by atoms with E-state index >= 15 is 0 Å². The predicted octanol–water partition coefficient (Wildman–Crippen LogP) is 1.76. The fraction of sp³-hybridized carbons (Fsp3) is 0.333. The maximum atomic E-state index is 12.3. The summed E-state index contributed by atoms with van der Waals surface area (Å²) in [5.74, 6) is 0. The van der Waals surface area contributed by atoms with Gasteiger partial charge in [0, 0.05) is 25.3 Å². The molecule has 1 atom stereocenters. The summed E-state index contributed by atoms with van der Waals surface area (Å²) in [4.78, 5) is 2.29. The summed E-state index contributed by atoms with van der Waals surface area (Å²) >= 11 is 0. The van der Waals surface area contributed by atoms with E-state index in [1.54, 1.807) is 12.1 Å². The van der Waals surface area contributed by atoms with Crippen LogP contribution >= 0.6 is 0 Å². The minimum atomic E-state index is -3.81. The lowest BCUT2D eigenvalue weighted by molar-refractivity contribution is 0.0117. The van der Waals surface area contributed by atoms with Gasteiger partial charge in [-0.15, -0.1) is 0 Å². The van der Waals surface area contributed by atoms with E-state index in [1.165, 1.54) is 12.1 Å². The molecular weight excluding hydrogens is 340 g/mol. The van der Waals surface area contributed by atoms with Crippen molar-refractivity contribution in [2.75, 3.05) is 31.2 Å². The van der Waals surface area contributed by atoms with Gasteiger partial charge in [-0.05, 0) is 29.8 Å². The van der Waals surface area contributed by atoms with Crippen LogP contribution in [-0.4, -0.2) is 40.8 Å². The van der Waals surface area contributed by atoms with E-state index in [0.717, 1.165) is 17.8 Å². The largest absolute Gasteiger partial charge is 0.372 e. The Hall–Kier alpha value is -1.93. The number of hydrogen-bond donors (Lipinski definition) is 1. The average molecular weight is 362 g/mol. The molecule has 7 heteroatoms. The van der Waals surface area contributed by atoms with Crippen molar-refractivity contribution in [1.82, 2.24) is 0 Å². The van der Waals surface area contributed by atoms with Gasteiger partial charge in [0.25, 0.3) is 10.1 Å². The van der Waals surface area contributed by atoms with Gasteiger partial charge >= 0.3 is 0 Å². The van der Waals surface area contributed by atoms with Crippen molar-refractivity contribution in [2.45, 2.75) is 17.5 Å². The third-order valence-corrected chi connectivity index (χ3v) is 5.41. The van der Waals surface area contributed by atoms with E-state index in [1.807, 2.05) is 30.3 Å². The molecule has 1 aliphatic heterocycles. The van der Waals surface area contributed by atoms with Crippen LogP contribution in [0.3, 0.4) is 0 Å². The molecule has 0 spiro atoms. The normalized spacial score (nSPS) is 18.3. The molecule has 134 valence electrons. The lowest BCUT2D eigenvalue weighted by Crippen LogP contribution is -2.44. The number of ether oxygens (including phenoxy) is 1. The van der Waals surface area contributed by atoms with E-state index in [9.17, 15) is 8.42 Å². The number of anilines is 1. The molecule has 0 aliphatic carbocycles. The molecule has 1 aliphatic rings. The minimum Gasteiger partial charge on any atom is -0.372 e. The molecule has 1 saturated heterocycles. The van der Waals surface area contributed by atoms with Crippen molar-refractivity contribution in [3.63, 3.8) is 0 Å². The summed E-state index contributed by atoms with van der Waals surface area (Å²) in [6, 6.07) is 16.4. The highest BCUT2D eigenvalue weighted by Gasteiger charge is 2.24. The monoisotopic (exact) mass is 362 g/mol. The zero-order chi connectivity index (χ0) is 17.7. The van der Waals surface area contributed by atoms with E-state index in [4.69, 9.17) is 14.7 Å². The number of morpholine rings is 1. The van der Waals surface area contributed by atoms with Gasteiger partial charge in [-0.2, -0.15) is 8.42 Å². The van der Waals surface area contributed by atoms with Gasteiger partial charge in [0.15, 0.2) is 0 Å². The highest BCUT2D eigenvalue weighted by molar-refractivity contribution is 7.86. The van der Waals surface area contributed by atoms with Crippen LogP contribution in [0.1, 0.15) is 5.56 Å². The number of rotatable bonds is 6. The lowest BCUT2D eigenvalue weighted by atomic mass is 10.2. The number of nitrogens with zero attached hydrogens (tertiary/aromatic N) is 1. The minimum absolute atomic E-state index is 0.00962. The molecule has 1 heterocycles. The van der Waals surface area contributed by atoms with Crippen molar-refractivity contribution in [1.29, 1.82) is 0 Å². The number of para-hydroxylation sites is 1. The molecule has 1 unspecified atom stereocenters. The quantitative estimate of drug-likeness (QED) is 0.789. The average Bonchev–Trinajstić information content (AvgIpc) is 2.67. The Morgan fingerprint density at radius 1 is 1.12 bits per heavy atom. The summed E-state index contributed by atoms with van der Waals surface area (Å²) in [7, 11) is -3.81. The summed E-state index contributed by atoms with van der Waals surface area (Å²) in [5, 5.41) is 0. The predicted molar refractivity (Wildman–Crippen MR) is 95.9 cm³/mol. The molecule has 0 aromatic heterocycles. The van der Waals surface area contributed by atoms with Crippen LogP contribution in [0, 0.1) is 0 Å². The van der Waals surface area contributed by atoms with Crippen LogP contribution in [0.4, 0.5) is 5.69 Å². The Morgan fingerprint density at radius 2 is 1.84 bits per heavy atom. The Balaban J connectivity index is 1.60. The first-order valence-corrected chi connectivity index (χ1v) is 9.59. The van der Waals surface area contributed by atoms with Gasteiger partial charge < -0.3 is 15.4 Å². The van der Waals surface area contributed by atoms with Gasteiger partial charge in [0.2, 0.25) is 0 Å². The van der Waals surface area contributed by atoms with E-state index in [-0.39, 0.29) is 17.6 Å². The van der Waals surface area contributed by atoms with Gasteiger partial charge in [-0.1, -0.05) is 30.3 Å². The zero-order valence-corrected chi connectivity index (χ0v) is 14.7. The molecule has 2 N–H and O–H groups in total. The molecule has 2 aromatic rings. The molecule has 2 aromatic carbocycles. The third kappa shape index (κ3) is 4.58. The van der Waals surface area contributed by atoms with Crippen molar-refractivity contribution < 1.29 is 17.3 Å². The maximum Gasteiger partial charge on any atom is 0.297 e. The van der Waals surface area contributed by atoms with Crippen LogP contribution in [0.15, 0.2) is 59.5 Å². The van der Waals surface area contributed by atoms with Crippen LogP contribution in [-0.2, 0) is 25.6 Å². The van der Waals surface area contributed by atoms with Gasteiger partial charge in [-0.3, -0.25) is 4.18 Å². The smallest absolute Gasteiger partial charge is 0.297 e. The lowest BCUT2D eigenvalue weighted by Gasteiger charge is -2.34. The Morgan fingerprint density at radius 3 is 2.52 bits per heavy atom. The van der Waals surface area contributed by atoms with Crippen LogP contribution < -0.4 is 10.6 Å². The molecule has 6 nitrogen and oxygen atoms in total. The highest BCUT2D eigenvalue weighted by atomic mass is 32.2. The van der Waals surface area contributed by atoms with E-state index < -0.39 is 10.1 Å². The molecule has 0 amide bonds. The molecule has 0 saturated carbocycles. The second-order valence-electron chi connectivity index (χ2n) is 5.86. The van der Waals surface area contributed by atoms with Crippen LogP contribution in [0.2, 0.25) is 0 Å². The first kappa shape index (κ1) is 17.9. The molecule has 25 heavy (non-hydrogen) atoms. The van der Waals surface area contributed by atoms with Gasteiger partial charge in [0.1, 0.15) is 0 Å². The van der Waals surface area contributed by atoms with Crippen LogP contribution in [0.25, 0.3) is 0 Å². The number of hydrogen-bond acceptors (Lipinski definition) is 6. The number of benzene rings is 2. The third-order valence-electron chi connectivity index (χ3n) is 4.12. The maximum absolute atomic E-state index is 12.3. The van der Waals surface area contributed by atoms with Gasteiger partial charge in [0.05, 0.1) is 24.2 Å². The van der Waals surface area contributed by atoms with Gasteiger partial charge in [-0.25, -0.2) is 0 Å². The fourth-order valence-corrected chi connectivity index (χ4v) is 3.66. The Kier molecular flexibility index (Phi) is 5.70. The Bertz CT molecular complexity index is 778. The molecule has 3 rings (SSSR count). The van der Waals surface area contributed by atoms with Crippen molar-refractivity contribution >= 4 is 15.8 Å². The van der Waals surface area contributed by atoms with Crippen LogP contribution in [0.5, 0.6) is 0 Å². The second-order valence-corrected chi connectivity index (χ2v) is 7.48. The highest BCUT2D eigenvalue weighted by Crippen LogP contribution is 2.19. The number of nitrogens with two attached hydrogens (primary N) is 1.